The molecule has 0 aliphatic carbocycles. The van der Waals surface area contributed by atoms with Crippen molar-refractivity contribution < 1.29 is 9.90 Å². The number of hydrogen-bond acceptors (Lipinski definition) is 4. The first kappa shape index (κ1) is 13.9. The van der Waals surface area contributed by atoms with E-state index in [0.29, 0.717) is 13.1 Å². The molecule has 1 atom stereocenters. The first-order valence-electron chi connectivity index (χ1n) is 7.10. The van der Waals surface area contributed by atoms with Crippen molar-refractivity contribution in [2.75, 3.05) is 19.6 Å². The molecular weight excluding hydrogens is 266 g/mol. The summed E-state index contributed by atoms with van der Waals surface area (Å²) in [5.74, 6) is -0.0719. The minimum atomic E-state index is -0.336. The Balaban J connectivity index is 1.97. The first-order chi connectivity index (χ1) is 10.2. The summed E-state index contributed by atoms with van der Waals surface area (Å²) < 4.78 is 0. The molecule has 1 unspecified atom stereocenters. The zero-order chi connectivity index (χ0) is 14.8. The van der Waals surface area contributed by atoms with Crippen LogP contribution in [0.5, 0.6) is 5.75 Å². The summed E-state index contributed by atoms with van der Waals surface area (Å²) in [6.07, 6.45) is 0. The molecule has 1 amide bonds. The maximum Gasteiger partial charge on any atom is 0.236 e. The number of carbonyl (C=O) groups is 1. The molecule has 3 rings (SSSR count). The van der Waals surface area contributed by atoms with E-state index in [9.17, 15) is 9.90 Å². The normalized spacial score (nSPS) is 19.7. The molecule has 5 nitrogen and oxygen atoms in total. The van der Waals surface area contributed by atoms with Crippen LogP contribution in [0.25, 0.3) is 10.8 Å². The van der Waals surface area contributed by atoms with Crippen molar-refractivity contribution in [2.45, 2.75) is 12.6 Å². The highest BCUT2D eigenvalue weighted by molar-refractivity contribution is 5.87. The van der Waals surface area contributed by atoms with Gasteiger partial charge in [0.05, 0.1) is 0 Å². The number of phenolic OH excluding ortho intramolecular Hbond substituents is 1. The quantitative estimate of drug-likeness (QED) is 0.779. The Morgan fingerprint density at radius 1 is 1.33 bits per heavy atom. The Kier molecular flexibility index (Phi) is 3.77. The smallest absolute Gasteiger partial charge is 0.236 e. The van der Waals surface area contributed by atoms with Crippen LogP contribution in [0.15, 0.2) is 36.4 Å². The summed E-state index contributed by atoms with van der Waals surface area (Å²) in [7, 11) is 0. The van der Waals surface area contributed by atoms with Gasteiger partial charge in [-0.15, -0.1) is 0 Å². The number of primary amides is 1. The lowest BCUT2D eigenvalue weighted by Crippen LogP contribution is -2.56. The Bertz CT molecular complexity index is 672. The van der Waals surface area contributed by atoms with Gasteiger partial charge < -0.3 is 16.2 Å². The molecule has 1 heterocycles. The van der Waals surface area contributed by atoms with Gasteiger partial charge in [0.15, 0.2) is 0 Å². The number of phenols is 1. The second-order valence-corrected chi connectivity index (χ2v) is 5.38. The van der Waals surface area contributed by atoms with Crippen molar-refractivity contribution in [3.05, 3.63) is 42.0 Å². The summed E-state index contributed by atoms with van der Waals surface area (Å²) in [6.45, 7) is 2.62. The maximum atomic E-state index is 11.6. The van der Waals surface area contributed by atoms with Crippen LogP contribution in [0.2, 0.25) is 0 Å². The van der Waals surface area contributed by atoms with Gasteiger partial charge in [-0.2, -0.15) is 0 Å². The van der Waals surface area contributed by atoms with E-state index < -0.39 is 0 Å². The van der Waals surface area contributed by atoms with Crippen LogP contribution >= 0.6 is 0 Å². The van der Waals surface area contributed by atoms with Crippen LogP contribution in [0.4, 0.5) is 0 Å². The molecule has 0 spiro atoms. The number of carbonyl (C=O) groups excluding carboxylic acids is 1. The van der Waals surface area contributed by atoms with E-state index >= 15 is 0 Å². The second kappa shape index (κ2) is 5.71. The van der Waals surface area contributed by atoms with Crippen molar-refractivity contribution in [1.82, 2.24) is 10.2 Å². The Labute approximate surface area is 123 Å². The zero-order valence-corrected chi connectivity index (χ0v) is 11.7. The molecule has 1 fully saturated rings. The van der Waals surface area contributed by atoms with E-state index in [0.717, 1.165) is 29.4 Å². The van der Waals surface area contributed by atoms with Crippen LogP contribution in [-0.4, -0.2) is 41.6 Å². The second-order valence-electron chi connectivity index (χ2n) is 5.38. The fourth-order valence-electron chi connectivity index (χ4n) is 2.91. The summed E-state index contributed by atoms with van der Waals surface area (Å²) in [5.41, 5.74) is 6.33. The molecule has 2 aromatic rings. The highest BCUT2D eigenvalue weighted by atomic mass is 16.3. The number of hydrogen-bond donors (Lipinski definition) is 3. The molecule has 110 valence electrons. The van der Waals surface area contributed by atoms with Crippen LogP contribution in [0.3, 0.4) is 0 Å². The summed E-state index contributed by atoms with van der Waals surface area (Å²) >= 11 is 0. The molecule has 21 heavy (non-hydrogen) atoms. The number of piperazine rings is 1. The van der Waals surface area contributed by atoms with E-state index in [-0.39, 0.29) is 17.7 Å². The third-order valence-electron chi connectivity index (χ3n) is 4.06. The lowest BCUT2D eigenvalue weighted by atomic mass is 10.0. The third-order valence-corrected chi connectivity index (χ3v) is 4.06. The van der Waals surface area contributed by atoms with Crippen molar-refractivity contribution in [3.8, 4) is 5.75 Å². The topological polar surface area (TPSA) is 78.6 Å². The van der Waals surface area contributed by atoms with Crippen molar-refractivity contribution >= 4 is 16.7 Å². The Morgan fingerprint density at radius 3 is 2.95 bits per heavy atom. The largest absolute Gasteiger partial charge is 0.508 e. The minimum Gasteiger partial charge on any atom is -0.508 e. The first-order valence-corrected chi connectivity index (χ1v) is 7.10. The van der Waals surface area contributed by atoms with Crippen LogP contribution < -0.4 is 11.1 Å². The molecule has 4 N–H and O–H groups in total. The van der Waals surface area contributed by atoms with E-state index in [2.05, 4.69) is 5.32 Å². The summed E-state index contributed by atoms with van der Waals surface area (Å²) in [5, 5.41) is 15.5. The Hall–Kier alpha value is -2.11. The third kappa shape index (κ3) is 2.70. The highest BCUT2D eigenvalue weighted by Gasteiger charge is 2.27. The molecule has 0 aromatic heterocycles. The van der Waals surface area contributed by atoms with Gasteiger partial charge in [0.1, 0.15) is 11.8 Å². The van der Waals surface area contributed by atoms with Gasteiger partial charge in [-0.25, -0.2) is 0 Å². The lowest BCUT2D eigenvalue weighted by molar-refractivity contribution is -0.124. The molecular formula is C16H19N3O2. The molecule has 5 heteroatoms. The number of amides is 1. The predicted octanol–water partition coefficient (Wildman–Crippen LogP) is 0.805. The van der Waals surface area contributed by atoms with Crippen molar-refractivity contribution in [1.29, 1.82) is 0 Å². The van der Waals surface area contributed by atoms with Gasteiger partial charge in [0.25, 0.3) is 0 Å². The average molecular weight is 285 g/mol. The van der Waals surface area contributed by atoms with Gasteiger partial charge in [-0.3, -0.25) is 9.69 Å². The molecule has 1 aliphatic heterocycles. The monoisotopic (exact) mass is 285 g/mol. The van der Waals surface area contributed by atoms with E-state index in [1.807, 2.05) is 35.2 Å². The number of nitrogens with zero attached hydrogens (tertiary/aromatic N) is 1. The summed E-state index contributed by atoms with van der Waals surface area (Å²) in [6, 6.07) is 11.2. The predicted molar refractivity (Wildman–Crippen MR) is 81.9 cm³/mol. The van der Waals surface area contributed by atoms with E-state index in [1.54, 1.807) is 6.07 Å². The van der Waals surface area contributed by atoms with Crippen molar-refractivity contribution in [2.24, 2.45) is 5.73 Å². The van der Waals surface area contributed by atoms with Crippen LogP contribution in [-0.2, 0) is 11.3 Å². The molecule has 0 radical (unpaired) electrons. The van der Waals surface area contributed by atoms with E-state index in [1.165, 1.54) is 0 Å². The van der Waals surface area contributed by atoms with Crippen molar-refractivity contribution in [3.63, 3.8) is 0 Å². The van der Waals surface area contributed by atoms with E-state index in [4.69, 9.17) is 5.73 Å². The van der Waals surface area contributed by atoms with Crippen LogP contribution in [0, 0.1) is 0 Å². The Morgan fingerprint density at radius 2 is 2.14 bits per heavy atom. The highest BCUT2D eigenvalue weighted by Crippen LogP contribution is 2.29. The number of rotatable bonds is 3. The van der Waals surface area contributed by atoms with Crippen LogP contribution in [0.1, 0.15) is 5.56 Å². The number of nitrogens with one attached hydrogen (secondary N) is 1. The number of nitrogens with two attached hydrogens (primary N) is 1. The number of benzene rings is 2. The molecule has 0 bridgehead atoms. The fraction of sp³-hybridized carbons (Fsp3) is 0.312. The van der Waals surface area contributed by atoms with Gasteiger partial charge in [-0.05, 0) is 16.8 Å². The number of aromatic hydroxyl groups is 1. The lowest BCUT2D eigenvalue weighted by Gasteiger charge is -2.34. The van der Waals surface area contributed by atoms with Gasteiger partial charge in [0.2, 0.25) is 5.91 Å². The molecule has 1 saturated heterocycles. The van der Waals surface area contributed by atoms with Gasteiger partial charge in [0, 0.05) is 31.7 Å². The number of fused-ring (bicyclic) bond motifs is 1. The van der Waals surface area contributed by atoms with Gasteiger partial charge in [-0.1, -0.05) is 30.3 Å². The standard InChI is InChI=1S/C16H19N3O2/c17-16(21)14-9-18-7-8-19(14)10-13-12-4-2-1-3-11(12)5-6-15(13)20/h1-6,14,18,20H,7-10H2,(H2,17,21). The molecule has 0 saturated carbocycles. The molecule has 2 aromatic carbocycles. The fourth-order valence-corrected chi connectivity index (χ4v) is 2.91. The summed E-state index contributed by atoms with van der Waals surface area (Å²) in [4.78, 5) is 13.6. The zero-order valence-electron chi connectivity index (χ0n) is 11.7. The maximum absolute atomic E-state index is 11.6. The minimum absolute atomic E-state index is 0.260. The van der Waals surface area contributed by atoms with Gasteiger partial charge >= 0.3 is 0 Å². The SMILES string of the molecule is NC(=O)C1CNCCN1Cc1c(O)ccc2ccccc12. The average Bonchev–Trinajstić information content (AvgIpc) is 2.50. The molecule has 1 aliphatic rings.